The summed E-state index contributed by atoms with van der Waals surface area (Å²) in [4.78, 5) is 32.2. The molecular formula is C11H15ClN4O2. The van der Waals surface area contributed by atoms with Crippen molar-refractivity contribution in [2.75, 3.05) is 20.1 Å². The van der Waals surface area contributed by atoms with Crippen molar-refractivity contribution in [1.82, 2.24) is 20.2 Å². The first-order chi connectivity index (χ1) is 8.54. The quantitative estimate of drug-likeness (QED) is 0.856. The number of carbonyl (C=O) groups excluding carboxylic acids is 2. The van der Waals surface area contributed by atoms with Crippen molar-refractivity contribution in [2.24, 2.45) is 0 Å². The first-order valence-electron chi connectivity index (χ1n) is 5.54. The number of hydrogen-bond acceptors (Lipinski definition) is 4. The van der Waals surface area contributed by atoms with E-state index in [9.17, 15) is 9.59 Å². The Balaban J connectivity index is 2.56. The zero-order valence-corrected chi connectivity index (χ0v) is 11.1. The Morgan fingerprint density at radius 3 is 2.67 bits per heavy atom. The molecule has 0 aliphatic heterocycles. The molecule has 0 aromatic carbocycles. The Hall–Kier alpha value is -1.69. The highest BCUT2D eigenvalue weighted by atomic mass is 35.5. The minimum absolute atomic E-state index is 0.0108. The summed E-state index contributed by atoms with van der Waals surface area (Å²) in [6.07, 6.45) is 3.43. The van der Waals surface area contributed by atoms with Gasteiger partial charge in [0.1, 0.15) is 10.8 Å². The Labute approximate surface area is 110 Å². The summed E-state index contributed by atoms with van der Waals surface area (Å²) in [6, 6.07) is 0. The molecule has 0 saturated heterocycles. The third kappa shape index (κ3) is 4.29. The molecule has 0 unspecified atom stereocenters. The van der Waals surface area contributed by atoms with E-state index < -0.39 is 0 Å². The van der Waals surface area contributed by atoms with Gasteiger partial charge in [0.2, 0.25) is 5.91 Å². The Kier molecular flexibility index (Phi) is 5.51. The van der Waals surface area contributed by atoms with E-state index in [0.29, 0.717) is 6.54 Å². The van der Waals surface area contributed by atoms with Gasteiger partial charge in [-0.15, -0.1) is 0 Å². The maximum Gasteiger partial charge on any atom is 0.274 e. The van der Waals surface area contributed by atoms with Gasteiger partial charge in [0.15, 0.2) is 0 Å². The van der Waals surface area contributed by atoms with E-state index in [1.807, 2.05) is 6.92 Å². The maximum absolute atomic E-state index is 11.9. The number of nitrogens with one attached hydrogen (secondary N) is 1. The number of aromatic nitrogens is 2. The average Bonchev–Trinajstić information content (AvgIpc) is 2.36. The van der Waals surface area contributed by atoms with Crippen LogP contribution in [0, 0.1) is 0 Å². The highest BCUT2D eigenvalue weighted by Gasteiger charge is 2.16. The molecule has 0 atom stereocenters. The molecule has 7 heteroatoms. The molecule has 0 bridgehead atoms. The lowest BCUT2D eigenvalue weighted by atomic mass is 10.3. The average molecular weight is 271 g/mol. The molecule has 1 N–H and O–H groups in total. The fourth-order valence-electron chi connectivity index (χ4n) is 1.23. The standard InChI is InChI=1S/C11H15ClN4O2/c1-3-4-13-10(17)7-16(2)11(18)8-5-15-9(12)6-14-8/h5-6H,3-4,7H2,1-2H3,(H,13,17). The van der Waals surface area contributed by atoms with Crippen molar-refractivity contribution in [1.29, 1.82) is 0 Å². The molecule has 1 heterocycles. The predicted molar refractivity (Wildman–Crippen MR) is 67.3 cm³/mol. The van der Waals surface area contributed by atoms with Crippen LogP contribution in [0.3, 0.4) is 0 Å². The van der Waals surface area contributed by atoms with Crippen LogP contribution in [-0.2, 0) is 4.79 Å². The topological polar surface area (TPSA) is 75.2 Å². The molecule has 1 rings (SSSR count). The first-order valence-corrected chi connectivity index (χ1v) is 5.92. The fraction of sp³-hybridized carbons (Fsp3) is 0.455. The van der Waals surface area contributed by atoms with E-state index >= 15 is 0 Å². The van der Waals surface area contributed by atoms with Crippen molar-refractivity contribution < 1.29 is 9.59 Å². The highest BCUT2D eigenvalue weighted by molar-refractivity contribution is 6.29. The van der Waals surface area contributed by atoms with Gasteiger partial charge in [-0.25, -0.2) is 9.97 Å². The van der Waals surface area contributed by atoms with Gasteiger partial charge in [0.05, 0.1) is 18.9 Å². The van der Waals surface area contributed by atoms with Crippen molar-refractivity contribution in [3.05, 3.63) is 23.2 Å². The number of nitrogens with zero attached hydrogens (tertiary/aromatic N) is 3. The van der Waals surface area contributed by atoms with Gasteiger partial charge in [-0.1, -0.05) is 18.5 Å². The predicted octanol–water partition coefficient (Wildman–Crippen LogP) is 0.728. The van der Waals surface area contributed by atoms with Crippen LogP contribution in [0.5, 0.6) is 0 Å². The lowest BCUT2D eigenvalue weighted by Gasteiger charge is -2.15. The fourth-order valence-corrected chi connectivity index (χ4v) is 1.32. The van der Waals surface area contributed by atoms with Crippen LogP contribution in [0.25, 0.3) is 0 Å². The molecule has 0 fully saturated rings. The second-order valence-corrected chi connectivity index (χ2v) is 4.12. The normalized spacial score (nSPS) is 9.94. The van der Waals surface area contributed by atoms with Crippen LogP contribution < -0.4 is 5.32 Å². The number of carbonyl (C=O) groups is 2. The Morgan fingerprint density at radius 2 is 2.11 bits per heavy atom. The maximum atomic E-state index is 11.9. The third-order valence-electron chi connectivity index (χ3n) is 2.14. The number of likely N-dealkylation sites (N-methyl/N-ethyl adjacent to an activating group) is 1. The van der Waals surface area contributed by atoms with Crippen molar-refractivity contribution in [3.63, 3.8) is 0 Å². The monoisotopic (exact) mass is 270 g/mol. The second kappa shape index (κ2) is 6.90. The van der Waals surface area contributed by atoms with Gasteiger partial charge < -0.3 is 10.2 Å². The lowest BCUT2D eigenvalue weighted by Crippen LogP contribution is -2.38. The molecule has 98 valence electrons. The molecule has 2 amide bonds. The van der Waals surface area contributed by atoms with E-state index in [-0.39, 0.29) is 29.2 Å². The SMILES string of the molecule is CCCNC(=O)CN(C)C(=O)c1cnc(Cl)cn1. The summed E-state index contributed by atoms with van der Waals surface area (Å²) in [5, 5.41) is 2.91. The number of hydrogen-bond donors (Lipinski definition) is 1. The minimum atomic E-state index is -0.370. The molecule has 0 radical (unpaired) electrons. The lowest BCUT2D eigenvalue weighted by molar-refractivity contribution is -0.121. The van der Waals surface area contributed by atoms with E-state index in [4.69, 9.17) is 11.6 Å². The molecule has 0 saturated carbocycles. The van der Waals surface area contributed by atoms with Crippen LogP contribution in [0.15, 0.2) is 12.4 Å². The van der Waals surface area contributed by atoms with Gasteiger partial charge in [-0.05, 0) is 6.42 Å². The summed E-state index contributed by atoms with van der Waals surface area (Å²) < 4.78 is 0. The Bertz CT molecular complexity index is 422. The van der Waals surface area contributed by atoms with Gasteiger partial charge in [0.25, 0.3) is 5.91 Å². The summed E-state index contributed by atoms with van der Waals surface area (Å²) in [5.41, 5.74) is 0.158. The zero-order chi connectivity index (χ0) is 13.5. The number of halogens is 1. The highest BCUT2D eigenvalue weighted by Crippen LogP contribution is 2.03. The van der Waals surface area contributed by atoms with Gasteiger partial charge in [-0.2, -0.15) is 0 Å². The summed E-state index contributed by atoms with van der Waals surface area (Å²) in [7, 11) is 1.53. The van der Waals surface area contributed by atoms with Crippen LogP contribution in [-0.4, -0.2) is 46.8 Å². The van der Waals surface area contributed by atoms with Crippen molar-refractivity contribution in [3.8, 4) is 0 Å². The molecule has 1 aromatic rings. The minimum Gasteiger partial charge on any atom is -0.355 e. The molecule has 1 aromatic heterocycles. The first kappa shape index (κ1) is 14.4. The summed E-state index contributed by atoms with van der Waals surface area (Å²) in [5.74, 6) is -0.569. The molecule has 0 aliphatic carbocycles. The van der Waals surface area contributed by atoms with E-state index in [0.717, 1.165) is 6.42 Å². The van der Waals surface area contributed by atoms with Gasteiger partial charge in [-0.3, -0.25) is 9.59 Å². The van der Waals surface area contributed by atoms with Crippen LogP contribution in [0.2, 0.25) is 5.15 Å². The molecule has 6 nitrogen and oxygen atoms in total. The van der Waals surface area contributed by atoms with Crippen LogP contribution in [0.1, 0.15) is 23.8 Å². The van der Waals surface area contributed by atoms with E-state index in [2.05, 4.69) is 15.3 Å². The smallest absolute Gasteiger partial charge is 0.274 e. The van der Waals surface area contributed by atoms with Gasteiger partial charge >= 0.3 is 0 Å². The van der Waals surface area contributed by atoms with Gasteiger partial charge in [0, 0.05) is 13.6 Å². The molecule has 0 spiro atoms. The van der Waals surface area contributed by atoms with Crippen LogP contribution in [0.4, 0.5) is 0 Å². The number of rotatable bonds is 5. The third-order valence-corrected chi connectivity index (χ3v) is 2.33. The Morgan fingerprint density at radius 1 is 1.39 bits per heavy atom. The summed E-state index contributed by atoms with van der Waals surface area (Å²) >= 11 is 5.57. The molecular weight excluding hydrogens is 256 g/mol. The molecule has 18 heavy (non-hydrogen) atoms. The second-order valence-electron chi connectivity index (χ2n) is 3.74. The van der Waals surface area contributed by atoms with Crippen LogP contribution >= 0.6 is 11.6 Å². The van der Waals surface area contributed by atoms with Crippen molar-refractivity contribution in [2.45, 2.75) is 13.3 Å². The van der Waals surface area contributed by atoms with E-state index in [1.54, 1.807) is 0 Å². The van der Waals surface area contributed by atoms with Crippen molar-refractivity contribution >= 4 is 23.4 Å². The van der Waals surface area contributed by atoms with E-state index in [1.165, 1.54) is 24.3 Å². The largest absolute Gasteiger partial charge is 0.355 e. The number of amides is 2. The molecule has 0 aliphatic rings. The zero-order valence-electron chi connectivity index (χ0n) is 10.3. The summed E-state index contributed by atoms with van der Waals surface area (Å²) in [6.45, 7) is 2.54.